The number of aromatic nitrogens is 2. The van der Waals surface area contributed by atoms with E-state index >= 15 is 0 Å². The molecule has 0 aliphatic heterocycles. The zero-order valence-corrected chi connectivity index (χ0v) is 9.99. The summed E-state index contributed by atoms with van der Waals surface area (Å²) in [4.78, 5) is 7.96. The Morgan fingerprint density at radius 3 is 2.79 bits per heavy atom. The van der Waals surface area contributed by atoms with Gasteiger partial charge in [-0.2, -0.15) is 0 Å². The molecule has 1 N–H and O–H groups in total. The first-order valence-corrected chi connectivity index (χ1v) is 5.88. The molecule has 0 radical (unpaired) electrons. The van der Waals surface area contributed by atoms with Gasteiger partial charge in [0.2, 0.25) is 0 Å². The Balaban J connectivity index is 2.14. The van der Waals surface area contributed by atoms with Gasteiger partial charge in [0.05, 0.1) is 11.9 Å². The fraction of sp³-hybridized carbons (Fsp3) is 0.0667. The van der Waals surface area contributed by atoms with E-state index in [1.165, 1.54) is 12.3 Å². The Morgan fingerprint density at radius 2 is 1.95 bits per heavy atom. The highest BCUT2D eigenvalue weighted by atomic mass is 19.1. The van der Waals surface area contributed by atoms with Crippen molar-refractivity contribution in [3.05, 3.63) is 72.1 Å². The third-order valence-electron chi connectivity index (χ3n) is 3.01. The Labute approximate surface area is 109 Å². The second-order valence-corrected chi connectivity index (χ2v) is 4.26. The van der Waals surface area contributed by atoms with Gasteiger partial charge in [-0.15, -0.1) is 0 Å². The van der Waals surface area contributed by atoms with E-state index < -0.39 is 11.9 Å². The SMILES string of the molecule is OC(c1cncc(F)c1)c1nccc2ccccc12. The van der Waals surface area contributed by atoms with Crippen molar-refractivity contribution < 1.29 is 9.50 Å². The van der Waals surface area contributed by atoms with Gasteiger partial charge in [0.1, 0.15) is 11.9 Å². The number of benzene rings is 1. The van der Waals surface area contributed by atoms with Crippen LogP contribution in [0.15, 0.2) is 55.0 Å². The molecule has 0 bridgehead atoms. The van der Waals surface area contributed by atoms with E-state index in [1.807, 2.05) is 30.3 Å². The minimum Gasteiger partial charge on any atom is -0.382 e. The van der Waals surface area contributed by atoms with Crippen molar-refractivity contribution in [3.63, 3.8) is 0 Å². The molecular formula is C15H11FN2O. The van der Waals surface area contributed by atoms with Gasteiger partial charge in [-0.3, -0.25) is 9.97 Å². The Hall–Kier alpha value is -2.33. The quantitative estimate of drug-likeness (QED) is 0.764. The number of aliphatic hydroxyl groups excluding tert-OH is 1. The summed E-state index contributed by atoms with van der Waals surface area (Å²) in [7, 11) is 0. The average Bonchev–Trinajstić information content (AvgIpc) is 2.46. The molecule has 3 aromatic rings. The van der Waals surface area contributed by atoms with Gasteiger partial charge in [0.25, 0.3) is 0 Å². The van der Waals surface area contributed by atoms with Crippen molar-refractivity contribution in [2.24, 2.45) is 0 Å². The molecule has 3 rings (SSSR count). The van der Waals surface area contributed by atoms with Gasteiger partial charge in [-0.05, 0) is 17.5 Å². The van der Waals surface area contributed by atoms with Gasteiger partial charge in [0, 0.05) is 23.3 Å². The first kappa shape index (κ1) is 11.7. The van der Waals surface area contributed by atoms with Crippen LogP contribution in [0.4, 0.5) is 4.39 Å². The molecule has 0 aliphatic rings. The summed E-state index contributed by atoms with van der Waals surface area (Å²) in [6.45, 7) is 0. The minimum atomic E-state index is -0.991. The van der Waals surface area contributed by atoms with E-state index in [-0.39, 0.29) is 0 Å². The van der Waals surface area contributed by atoms with Crippen LogP contribution < -0.4 is 0 Å². The lowest BCUT2D eigenvalue weighted by molar-refractivity contribution is 0.216. The lowest BCUT2D eigenvalue weighted by Crippen LogP contribution is -2.04. The molecule has 0 saturated heterocycles. The Morgan fingerprint density at radius 1 is 1.11 bits per heavy atom. The smallest absolute Gasteiger partial charge is 0.141 e. The standard InChI is InChI=1S/C15H11FN2O/c16-12-7-11(8-17-9-12)15(19)14-13-4-2-1-3-10(13)5-6-18-14/h1-9,15,19H. The summed E-state index contributed by atoms with van der Waals surface area (Å²) < 4.78 is 13.2. The average molecular weight is 254 g/mol. The van der Waals surface area contributed by atoms with Gasteiger partial charge in [-0.25, -0.2) is 4.39 Å². The molecule has 2 aromatic heterocycles. The van der Waals surface area contributed by atoms with Crippen molar-refractivity contribution in [1.29, 1.82) is 0 Å². The van der Waals surface area contributed by atoms with Gasteiger partial charge < -0.3 is 5.11 Å². The first-order valence-electron chi connectivity index (χ1n) is 5.88. The van der Waals surface area contributed by atoms with Crippen molar-refractivity contribution in [1.82, 2.24) is 9.97 Å². The van der Waals surface area contributed by atoms with E-state index in [2.05, 4.69) is 9.97 Å². The lowest BCUT2D eigenvalue weighted by Gasteiger charge is -2.12. The van der Waals surface area contributed by atoms with Crippen molar-refractivity contribution >= 4 is 10.8 Å². The van der Waals surface area contributed by atoms with Crippen LogP contribution in [0, 0.1) is 5.82 Å². The first-order chi connectivity index (χ1) is 9.25. The number of halogens is 1. The van der Waals surface area contributed by atoms with Gasteiger partial charge >= 0.3 is 0 Å². The summed E-state index contributed by atoms with van der Waals surface area (Å²) in [6, 6.07) is 10.8. The molecule has 4 heteroatoms. The molecule has 1 unspecified atom stereocenters. The van der Waals surface area contributed by atoms with Crippen LogP contribution in [0.3, 0.4) is 0 Å². The number of fused-ring (bicyclic) bond motifs is 1. The molecule has 1 atom stereocenters. The number of hydrogen-bond acceptors (Lipinski definition) is 3. The highest BCUT2D eigenvalue weighted by Gasteiger charge is 2.15. The fourth-order valence-electron chi connectivity index (χ4n) is 2.10. The highest BCUT2D eigenvalue weighted by molar-refractivity contribution is 5.84. The highest BCUT2D eigenvalue weighted by Crippen LogP contribution is 2.26. The zero-order chi connectivity index (χ0) is 13.2. The maximum atomic E-state index is 13.2. The lowest BCUT2D eigenvalue weighted by atomic mass is 10.0. The number of aliphatic hydroxyl groups is 1. The molecule has 3 nitrogen and oxygen atoms in total. The van der Waals surface area contributed by atoms with Crippen LogP contribution in [-0.2, 0) is 0 Å². The normalized spacial score (nSPS) is 12.5. The maximum absolute atomic E-state index is 13.2. The summed E-state index contributed by atoms with van der Waals surface area (Å²) in [5, 5.41) is 12.2. The van der Waals surface area contributed by atoms with E-state index in [4.69, 9.17) is 0 Å². The molecule has 19 heavy (non-hydrogen) atoms. The van der Waals surface area contributed by atoms with Crippen molar-refractivity contribution in [2.75, 3.05) is 0 Å². The summed E-state index contributed by atoms with van der Waals surface area (Å²) in [6.07, 6.45) is 3.19. The summed E-state index contributed by atoms with van der Waals surface area (Å²) >= 11 is 0. The van der Waals surface area contributed by atoms with Gasteiger partial charge in [0.15, 0.2) is 0 Å². The van der Waals surface area contributed by atoms with Crippen LogP contribution in [-0.4, -0.2) is 15.1 Å². The Bertz CT molecular complexity index is 725. The molecule has 0 spiro atoms. The molecular weight excluding hydrogens is 243 g/mol. The zero-order valence-electron chi connectivity index (χ0n) is 9.99. The molecule has 0 saturated carbocycles. The maximum Gasteiger partial charge on any atom is 0.141 e. The van der Waals surface area contributed by atoms with Crippen molar-refractivity contribution in [2.45, 2.75) is 6.10 Å². The number of rotatable bonds is 2. The monoisotopic (exact) mass is 254 g/mol. The molecule has 94 valence electrons. The Kier molecular flexibility index (Phi) is 2.93. The number of pyridine rings is 2. The largest absolute Gasteiger partial charge is 0.382 e. The van der Waals surface area contributed by atoms with E-state index in [9.17, 15) is 9.50 Å². The summed E-state index contributed by atoms with van der Waals surface area (Å²) in [5.41, 5.74) is 0.898. The topological polar surface area (TPSA) is 46.0 Å². The minimum absolute atomic E-state index is 0.392. The van der Waals surface area contributed by atoms with Crippen LogP contribution in [0.2, 0.25) is 0 Å². The van der Waals surface area contributed by atoms with E-state index in [0.29, 0.717) is 11.3 Å². The molecule has 0 aliphatic carbocycles. The van der Waals surface area contributed by atoms with E-state index in [0.717, 1.165) is 17.0 Å². The van der Waals surface area contributed by atoms with E-state index in [1.54, 1.807) is 6.20 Å². The van der Waals surface area contributed by atoms with Crippen LogP contribution in [0.5, 0.6) is 0 Å². The molecule has 0 amide bonds. The van der Waals surface area contributed by atoms with Crippen LogP contribution in [0.25, 0.3) is 10.8 Å². The predicted molar refractivity (Wildman–Crippen MR) is 70.0 cm³/mol. The second-order valence-electron chi connectivity index (χ2n) is 4.26. The number of nitrogens with zero attached hydrogens (tertiary/aromatic N) is 2. The third-order valence-corrected chi connectivity index (χ3v) is 3.01. The molecule has 1 aromatic carbocycles. The third kappa shape index (κ3) is 2.18. The molecule has 0 fully saturated rings. The van der Waals surface area contributed by atoms with Gasteiger partial charge in [-0.1, -0.05) is 24.3 Å². The van der Waals surface area contributed by atoms with Crippen LogP contribution >= 0.6 is 0 Å². The second kappa shape index (κ2) is 4.74. The van der Waals surface area contributed by atoms with Crippen LogP contribution in [0.1, 0.15) is 17.4 Å². The fourth-order valence-corrected chi connectivity index (χ4v) is 2.10. The predicted octanol–water partition coefficient (Wildman–Crippen LogP) is 2.85. The molecule has 2 heterocycles. The van der Waals surface area contributed by atoms with Crippen molar-refractivity contribution in [3.8, 4) is 0 Å². The number of hydrogen-bond donors (Lipinski definition) is 1. The summed E-state index contributed by atoms with van der Waals surface area (Å²) in [5.74, 6) is -0.475.